The Morgan fingerprint density at radius 2 is 1.85 bits per heavy atom. The predicted molar refractivity (Wildman–Crippen MR) is 135 cm³/mol. The average molecular weight is 459 g/mol. The first-order valence-corrected chi connectivity index (χ1v) is 12.5. The van der Waals surface area contributed by atoms with Gasteiger partial charge in [0.1, 0.15) is 12.4 Å². The van der Waals surface area contributed by atoms with E-state index >= 15 is 0 Å². The Labute approximate surface area is 202 Å². The molecule has 3 aromatic rings. The molecular formula is C29H34N2O3. The second kappa shape index (κ2) is 10.6. The summed E-state index contributed by atoms with van der Waals surface area (Å²) in [6, 6.07) is 23.3. The number of hydrogen-bond acceptors (Lipinski definition) is 4. The van der Waals surface area contributed by atoms with Crippen LogP contribution in [0.4, 0.5) is 0 Å². The van der Waals surface area contributed by atoms with Crippen molar-refractivity contribution in [2.75, 3.05) is 33.4 Å². The van der Waals surface area contributed by atoms with Crippen LogP contribution in [0.25, 0.3) is 10.8 Å². The van der Waals surface area contributed by atoms with Gasteiger partial charge >= 0.3 is 0 Å². The molecule has 5 rings (SSSR count). The Morgan fingerprint density at radius 3 is 2.76 bits per heavy atom. The highest BCUT2D eigenvalue weighted by molar-refractivity contribution is 5.88. The molecule has 2 aliphatic rings. The van der Waals surface area contributed by atoms with Gasteiger partial charge in [0, 0.05) is 32.1 Å². The van der Waals surface area contributed by atoms with E-state index in [1.54, 1.807) is 7.11 Å². The smallest absolute Gasteiger partial charge is 0.225 e. The summed E-state index contributed by atoms with van der Waals surface area (Å²) in [7, 11) is 1.71. The molecule has 0 saturated heterocycles. The van der Waals surface area contributed by atoms with Gasteiger partial charge < -0.3 is 14.8 Å². The van der Waals surface area contributed by atoms with E-state index in [1.807, 2.05) is 18.2 Å². The van der Waals surface area contributed by atoms with Gasteiger partial charge in [0.15, 0.2) is 0 Å². The Kier molecular flexibility index (Phi) is 7.12. The van der Waals surface area contributed by atoms with E-state index in [2.05, 4.69) is 58.7 Å². The monoisotopic (exact) mass is 458 g/mol. The summed E-state index contributed by atoms with van der Waals surface area (Å²) < 4.78 is 11.8. The molecule has 1 aliphatic heterocycles. The first kappa shape index (κ1) is 22.9. The van der Waals surface area contributed by atoms with Crippen LogP contribution in [0.2, 0.25) is 0 Å². The van der Waals surface area contributed by atoms with Crippen molar-refractivity contribution in [1.29, 1.82) is 0 Å². The highest BCUT2D eigenvalue weighted by Gasteiger charge is 2.34. The maximum absolute atomic E-state index is 13.0. The summed E-state index contributed by atoms with van der Waals surface area (Å²) in [4.78, 5) is 15.4. The molecule has 5 nitrogen and oxygen atoms in total. The molecule has 34 heavy (non-hydrogen) atoms. The summed E-state index contributed by atoms with van der Waals surface area (Å²) in [6.45, 7) is 2.98. The number of nitrogens with one attached hydrogen (secondary N) is 1. The van der Waals surface area contributed by atoms with Crippen LogP contribution in [0.3, 0.4) is 0 Å². The van der Waals surface area contributed by atoms with Crippen LogP contribution in [0, 0.1) is 5.92 Å². The Hall–Kier alpha value is -2.89. The van der Waals surface area contributed by atoms with E-state index in [1.165, 1.54) is 16.5 Å². The molecule has 1 heterocycles. The number of methoxy groups -OCH3 is 1. The van der Waals surface area contributed by atoms with Crippen LogP contribution >= 0.6 is 0 Å². The number of fused-ring (bicyclic) bond motifs is 2. The van der Waals surface area contributed by atoms with Crippen molar-refractivity contribution in [3.8, 4) is 5.75 Å². The molecule has 1 aliphatic carbocycles. The summed E-state index contributed by atoms with van der Waals surface area (Å²) in [5.41, 5.74) is 2.69. The van der Waals surface area contributed by atoms with Crippen LogP contribution in [0.5, 0.6) is 5.75 Å². The lowest BCUT2D eigenvalue weighted by Gasteiger charge is -2.37. The zero-order valence-corrected chi connectivity index (χ0v) is 19.9. The first-order chi connectivity index (χ1) is 16.7. The van der Waals surface area contributed by atoms with Gasteiger partial charge in [0.05, 0.1) is 18.1 Å². The fourth-order valence-electron chi connectivity index (χ4n) is 5.64. The van der Waals surface area contributed by atoms with Gasteiger partial charge in [-0.15, -0.1) is 0 Å². The SMILES string of the molecule is COC1CCCC1C(=O)NCC1c2ccccc2CCN1CCOc1cccc2ccccc12. The van der Waals surface area contributed by atoms with E-state index in [-0.39, 0.29) is 24.0 Å². The first-order valence-electron chi connectivity index (χ1n) is 12.5. The molecule has 1 amide bonds. The van der Waals surface area contributed by atoms with Crippen LogP contribution in [-0.2, 0) is 16.0 Å². The van der Waals surface area contributed by atoms with E-state index in [9.17, 15) is 4.79 Å². The molecule has 0 aromatic heterocycles. The third-order valence-corrected chi connectivity index (χ3v) is 7.47. The maximum atomic E-state index is 13.0. The Bertz CT molecular complexity index is 1130. The summed E-state index contributed by atoms with van der Waals surface area (Å²) in [5, 5.41) is 5.59. The van der Waals surface area contributed by atoms with Crippen molar-refractivity contribution >= 4 is 16.7 Å². The minimum Gasteiger partial charge on any atom is -0.492 e. The van der Waals surface area contributed by atoms with Gasteiger partial charge in [-0.2, -0.15) is 0 Å². The van der Waals surface area contributed by atoms with Crippen molar-refractivity contribution in [2.24, 2.45) is 5.92 Å². The maximum Gasteiger partial charge on any atom is 0.225 e. The van der Waals surface area contributed by atoms with Gasteiger partial charge in [0.25, 0.3) is 0 Å². The lowest BCUT2D eigenvalue weighted by atomic mass is 9.92. The molecule has 3 atom stereocenters. The standard InChI is InChI=1S/C29H34N2O3/c1-33-27-14-7-13-25(27)29(32)30-20-26-23-11-4-2-9-22(23)16-17-31(26)18-19-34-28-15-6-10-21-8-3-5-12-24(21)28/h2-6,8-12,15,25-27H,7,13-14,16-20H2,1H3,(H,30,32). The van der Waals surface area contributed by atoms with Gasteiger partial charge in [-0.05, 0) is 48.3 Å². The van der Waals surface area contributed by atoms with Gasteiger partial charge in [-0.3, -0.25) is 9.69 Å². The van der Waals surface area contributed by atoms with Gasteiger partial charge in [-0.1, -0.05) is 60.7 Å². The Morgan fingerprint density at radius 1 is 1.03 bits per heavy atom. The topological polar surface area (TPSA) is 50.8 Å². The number of carbonyl (C=O) groups is 1. The summed E-state index contributed by atoms with van der Waals surface area (Å²) in [6.07, 6.45) is 4.00. The minimum absolute atomic E-state index is 0.0352. The van der Waals surface area contributed by atoms with E-state index in [0.717, 1.165) is 49.9 Å². The molecule has 178 valence electrons. The number of rotatable bonds is 8. The van der Waals surface area contributed by atoms with E-state index in [4.69, 9.17) is 9.47 Å². The third-order valence-electron chi connectivity index (χ3n) is 7.47. The number of benzene rings is 3. The highest BCUT2D eigenvalue weighted by Crippen LogP contribution is 2.31. The second-order valence-corrected chi connectivity index (χ2v) is 9.38. The van der Waals surface area contributed by atoms with Gasteiger partial charge in [0.2, 0.25) is 5.91 Å². The van der Waals surface area contributed by atoms with Crippen LogP contribution in [0.15, 0.2) is 66.7 Å². The number of amides is 1. The van der Waals surface area contributed by atoms with E-state index < -0.39 is 0 Å². The number of ether oxygens (including phenoxy) is 2. The summed E-state index contributed by atoms with van der Waals surface area (Å²) >= 11 is 0. The van der Waals surface area contributed by atoms with Gasteiger partial charge in [-0.25, -0.2) is 0 Å². The molecule has 1 fully saturated rings. The molecule has 1 N–H and O–H groups in total. The second-order valence-electron chi connectivity index (χ2n) is 9.38. The predicted octanol–water partition coefficient (Wildman–Crippen LogP) is 4.75. The average Bonchev–Trinajstić information content (AvgIpc) is 3.37. The largest absolute Gasteiger partial charge is 0.492 e. The lowest BCUT2D eigenvalue weighted by molar-refractivity contribution is -0.128. The number of hydrogen-bond donors (Lipinski definition) is 1. The normalized spacial score (nSPS) is 22.4. The minimum atomic E-state index is -0.0352. The zero-order valence-electron chi connectivity index (χ0n) is 19.9. The van der Waals surface area contributed by atoms with Crippen molar-refractivity contribution in [1.82, 2.24) is 10.2 Å². The fourth-order valence-corrected chi connectivity index (χ4v) is 5.64. The Balaban J connectivity index is 1.26. The lowest BCUT2D eigenvalue weighted by Crippen LogP contribution is -2.45. The molecule has 0 bridgehead atoms. The third kappa shape index (κ3) is 4.82. The van der Waals surface area contributed by atoms with Crippen molar-refractivity contribution in [3.63, 3.8) is 0 Å². The van der Waals surface area contributed by atoms with Crippen LogP contribution in [-0.4, -0.2) is 50.3 Å². The molecule has 5 heteroatoms. The molecular weight excluding hydrogens is 424 g/mol. The van der Waals surface area contributed by atoms with Crippen LogP contribution < -0.4 is 10.1 Å². The molecule has 3 aromatic carbocycles. The molecule has 0 radical (unpaired) electrons. The number of carbonyl (C=O) groups excluding carboxylic acids is 1. The number of nitrogens with zero attached hydrogens (tertiary/aromatic N) is 1. The quantitative estimate of drug-likeness (QED) is 0.529. The molecule has 1 saturated carbocycles. The highest BCUT2D eigenvalue weighted by atomic mass is 16.5. The van der Waals surface area contributed by atoms with Crippen molar-refractivity contribution < 1.29 is 14.3 Å². The molecule has 0 spiro atoms. The van der Waals surface area contributed by atoms with Crippen LogP contribution in [0.1, 0.15) is 36.4 Å². The zero-order chi connectivity index (χ0) is 23.3. The molecule has 3 unspecified atom stereocenters. The van der Waals surface area contributed by atoms with Crippen molar-refractivity contribution in [2.45, 2.75) is 37.8 Å². The fraction of sp³-hybridized carbons (Fsp3) is 0.414. The van der Waals surface area contributed by atoms with Crippen molar-refractivity contribution in [3.05, 3.63) is 77.9 Å². The summed E-state index contributed by atoms with van der Waals surface area (Å²) in [5.74, 6) is 1.01. The van der Waals surface area contributed by atoms with E-state index in [0.29, 0.717) is 13.2 Å².